The summed E-state index contributed by atoms with van der Waals surface area (Å²) in [6.07, 6.45) is 4.23. The summed E-state index contributed by atoms with van der Waals surface area (Å²) in [5.74, 6) is 0.453. The predicted octanol–water partition coefficient (Wildman–Crippen LogP) is 2.02. The van der Waals surface area contributed by atoms with Gasteiger partial charge in [0.2, 0.25) is 0 Å². The SMILES string of the molecule is CN1CCC(C(O)CN2CCC3(CC2)CNc2ccc(C#N)cc23)CC1. The first-order valence-electron chi connectivity index (χ1n) is 9.97. The first kappa shape index (κ1) is 17.8. The molecule has 26 heavy (non-hydrogen) atoms. The molecule has 2 saturated heterocycles. The first-order chi connectivity index (χ1) is 12.6. The lowest BCUT2D eigenvalue weighted by Gasteiger charge is -2.41. The minimum Gasteiger partial charge on any atom is -0.392 e. The van der Waals surface area contributed by atoms with E-state index in [1.807, 2.05) is 6.07 Å². The summed E-state index contributed by atoms with van der Waals surface area (Å²) < 4.78 is 0. The van der Waals surface area contributed by atoms with Gasteiger partial charge in [-0.25, -0.2) is 0 Å². The largest absolute Gasteiger partial charge is 0.392 e. The summed E-state index contributed by atoms with van der Waals surface area (Å²) in [4.78, 5) is 4.80. The molecule has 0 bridgehead atoms. The van der Waals surface area contributed by atoms with E-state index in [1.54, 1.807) is 0 Å². The molecule has 1 aromatic rings. The number of aliphatic hydroxyl groups is 1. The van der Waals surface area contributed by atoms with Crippen molar-refractivity contribution >= 4 is 5.69 Å². The van der Waals surface area contributed by atoms with Gasteiger partial charge < -0.3 is 20.2 Å². The van der Waals surface area contributed by atoms with Crippen LogP contribution in [-0.4, -0.2) is 67.3 Å². The number of β-amino-alcohol motifs (C(OH)–C–C–N with tert-alkyl or cyclic N) is 1. The zero-order valence-corrected chi connectivity index (χ0v) is 15.7. The number of anilines is 1. The minimum atomic E-state index is -0.197. The van der Waals surface area contributed by atoms with Crippen molar-refractivity contribution < 1.29 is 5.11 Å². The van der Waals surface area contributed by atoms with Gasteiger partial charge in [-0.1, -0.05) is 0 Å². The summed E-state index contributed by atoms with van der Waals surface area (Å²) in [5.41, 5.74) is 3.44. The zero-order chi connectivity index (χ0) is 18.1. The fraction of sp³-hybridized carbons (Fsp3) is 0.667. The molecule has 1 atom stereocenters. The van der Waals surface area contributed by atoms with Gasteiger partial charge in [-0.15, -0.1) is 0 Å². The molecule has 0 aromatic heterocycles. The van der Waals surface area contributed by atoms with Crippen LogP contribution in [0.15, 0.2) is 18.2 Å². The second-order valence-corrected chi connectivity index (χ2v) is 8.51. The number of likely N-dealkylation sites (tertiary alicyclic amines) is 2. The topological polar surface area (TPSA) is 62.5 Å². The number of benzene rings is 1. The van der Waals surface area contributed by atoms with Crippen LogP contribution in [-0.2, 0) is 5.41 Å². The van der Waals surface area contributed by atoms with Gasteiger partial charge in [-0.05, 0) is 88.6 Å². The highest BCUT2D eigenvalue weighted by Gasteiger charge is 2.42. The fourth-order valence-corrected chi connectivity index (χ4v) is 5.00. The van der Waals surface area contributed by atoms with Crippen molar-refractivity contribution in [3.8, 4) is 6.07 Å². The van der Waals surface area contributed by atoms with Crippen LogP contribution in [0.3, 0.4) is 0 Å². The zero-order valence-electron chi connectivity index (χ0n) is 15.7. The highest BCUT2D eigenvalue weighted by atomic mass is 16.3. The summed E-state index contributed by atoms with van der Waals surface area (Å²) >= 11 is 0. The maximum atomic E-state index is 10.7. The van der Waals surface area contributed by atoms with Gasteiger partial charge in [0.1, 0.15) is 0 Å². The molecule has 3 aliphatic heterocycles. The van der Waals surface area contributed by atoms with Crippen LogP contribution in [0.25, 0.3) is 0 Å². The lowest BCUT2D eigenvalue weighted by molar-refractivity contribution is 0.0247. The molecule has 4 rings (SSSR count). The van der Waals surface area contributed by atoms with E-state index >= 15 is 0 Å². The number of aliphatic hydroxyl groups excluding tert-OH is 1. The monoisotopic (exact) mass is 354 g/mol. The number of nitrogens with zero attached hydrogens (tertiary/aromatic N) is 3. The van der Waals surface area contributed by atoms with Crippen molar-refractivity contribution in [1.29, 1.82) is 5.26 Å². The molecular formula is C21H30N4O. The van der Waals surface area contributed by atoms with Crippen molar-refractivity contribution in [1.82, 2.24) is 9.80 Å². The van der Waals surface area contributed by atoms with Gasteiger partial charge in [0.15, 0.2) is 0 Å². The van der Waals surface area contributed by atoms with Crippen LogP contribution in [0.4, 0.5) is 5.69 Å². The van der Waals surface area contributed by atoms with Gasteiger partial charge >= 0.3 is 0 Å². The lowest BCUT2D eigenvalue weighted by Crippen LogP contribution is -2.48. The molecule has 1 spiro atoms. The maximum absolute atomic E-state index is 10.7. The van der Waals surface area contributed by atoms with E-state index in [-0.39, 0.29) is 11.5 Å². The average molecular weight is 354 g/mol. The molecule has 0 amide bonds. The predicted molar refractivity (Wildman–Crippen MR) is 103 cm³/mol. The molecule has 0 saturated carbocycles. The van der Waals surface area contributed by atoms with E-state index in [0.717, 1.165) is 70.5 Å². The Bertz CT molecular complexity index is 682. The molecule has 5 nitrogen and oxygen atoms in total. The summed E-state index contributed by atoms with van der Waals surface area (Å²) in [5, 5.41) is 23.5. The standard InChI is InChI=1S/C21H30N4O/c1-24-8-4-17(5-9-24)20(26)14-25-10-6-21(7-11-25)15-23-19-3-2-16(13-22)12-18(19)21/h2-3,12,17,20,23,26H,4-11,14-15H2,1H3. The Morgan fingerprint density at radius 2 is 2.00 bits per heavy atom. The van der Waals surface area contributed by atoms with E-state index in [9.17, 15) is 10.4 Å². The highest BCUT2D eigenvalue weighted by Crippen LogP contribution is 2.44. The van der Waals surface area contributed by atoms with Gasteiger partial charge in [0.25, 0.3) is 0 Å². The van der Waals surface area contributed by atoms with Crippen LogP contribution in [0.2, 0.25) is 0 Å². The smallest absolute Gasteiger partial charge is 0.0991 e. The van der Waals surface area contributed by atoms with Crippen molar-refractivity contribution in [2.75, 3.05) is 51.6 Å². The van der Waals surface area contributed by atoms with Crippen LogP contribution < -0.4 is 5.32 Å². The number of rotatable bonds is 3. The molecule has 140 valence electrons. The number of fused-ring (bicyclic) bond motifs is 2. The van der Waals surface area contributed by atoms with Gasteiger partial charge in [-0.3, -0.25) is 0 Å². The van der Waals surface area contributed by atoms with Crippen LogP contribution >= 0.6 is 0 Å². The van der Waals surface area contributed by atoms with Gasteiger partial charge in [-0.2, -0.15) is 5.26 Å². The molecule has 2 N–H and O–H groups in total. The van der Waals surface area contributed by atoms with Crippen LogP contribution in [0.5, 0.6) is 0 Å². The first-order valence-corrected chi connectivity index (χ1v) is 9.97. The van der Waals surface area contributed by atoms with E-state index in [1.165, 1.54) is 11.3 Å². The van der Waals surface area contributed by atoms with E-state index in [0.29, 0.717) is 5.92 Å². The van der Waals surface area contributed by atoms with E-state index in [4.69, 9.17) is 0 Å². The number of piperidine rings is 2. The molecule has 5 heteroatoms. The molecule has 3 heterocycles. The Labute approximate surface area is 156 Å². The van der Waals surface area contributed by atoms with Gasteiger partial charge in [0, 0.05) is 24.2 Å². The molecule has 1 unspecified atom stereocenters. The Hall–Kier alpha value is -1.61. The normalized spacial score (nSPS) is 24.8. The van der Waals surface area contributed by atoms with Crippen LogP contribution in [0.1, 0.15) is 36.8 Å². The van der Waals surface area contributed by atoms with Crippen molar-refractivity contribution in [3.05, 3.63) is 29.3 Å². The molecule has 3 aliphatic rings. The Morgan fingerprint density at radius 3 is 2.69 bits per heavy atom. The van der Waals surface area contributed by atoms with Crippen molar-refractivity contribution in [3.63, 3.8) is 0 Å². The number of nitriles is 1. The quantitative estimate of drug-likeness (QED) is 0.870. The molecule has 2 fully saturated rings. The number of hydrogen-bond donors (Lipinski definition) is 2. The third-order valence-electron chi connectivity index (χ3n) is 6.90. The molecule has 0 radical (unpaired) electrons. The summed E-state index contributed by atoms with van der Waals surface area (Å²) in [7, 11) is 2.16. The fourth-order valence-electron chi connectivity index (χ4n) is 5.00. The third kappa shape index (κ3) is 3.34. The third-order valence-corrected chi connectivity index (χ3v) is 6.90. The summed E-state index contributed by atoms with van der Waals surface area (Å²) in [6.45, 7) is 6.05. The Morgan fingerprint density at radius 1 is 1.27 bits per heavy atom. The lowest BCUT2D eigenvalue weighted by atomic mass is 9.74. The Balaban J connectivity index is 1.36. The molecule has 0 aliphatic carbocycles. The van der Waals surface area contributed by atoms with E-state index < -0.39 is 0 Å². The number of nitrogens with one attached hydrogen (secondary N) is 1. The highest BCUT2D eigenvalue weighted by molar-refractivity contribution is 5.63. The molecular weight excluding hydrogens is 324 g/mol. The minimum absolute atomic E-state index is 0.164. The Kier molecular flexibility index (Phi) is 4.92. The second-order valence-electron chi connectivity index (χ2n) is 8.51. The van der Waals surface area contributed by atoms with Crippen molar-refractivity contribution in [2.24, 2.45) is 5.92 Å². The average Bonchev–Trinajstić information content (AvgIpc) is 3.02. The number of hydrogen-bond acceptors (Lipinski definition) is 5. The maximum Gasteiger partial charge on any atom is 0.0991 e. The summed E-state index contributed by atoms with van der Waals surface area (Å²) in [6, 6.07) is 8.32. The van der Waals surface area contributed by atoms with Crippen LogP contribution in [0, 0.1) is 17.2 Å². The van der Waals surface area contributed by atoms with Crippen molar-refractivity contribution in [2.45, 2.75) is 37.2 Å². The van der Waals surface area contributed by atoms with E-state index in [2.05, 4.69) is 40.4 Å². The van der Waals surface area contributed by atoms with Gasteiger partial charge in [0.05, 0.1) is 17.7 Å². The molecule has 1 aromatic carbocycles. The second kappa shape index (κ2) is 7.19.